The first-order valence-electron chi connectivity index (χ1n) is 5.83. The van der Waals surface area contributed by atoms with Crippen molar-refractivity contribution in [2.24, 2.45) is 0 Å². The van der Waals surface area contributed by atoms with Crippen molar-refractivity contribution in [1.82, 2.24) is 4.90 Å². The second kappa shape index (κ2) is 4.67. The number of nitrogens with two attached hydrogens (primary N) is 1. The standard InChI is InChI=1S/C13H20N2/c1-11-5-6-12(9-13(11)14)10-15-7-3-2-4-8-15/h5-6,9H,2-4,7-8,10,14H2,1H3. The van der Waals surface area contributed by atoms with Crippen LogP contribution in [0, 0.1) is 6.92 Å². The number of hydrogen-bond acceptors (Lipinski definition) is 2. The molecular weight excluding hydrogens is 184 g/mol. The van der Waals surface area contributed by atoms with Gasteiger partial charge in [0.25, 0.3) is 0 Å². The highest BCUT2D eigenvalue weighted by molar-refractivity contribution is 5.48. The van der Waals surface area contributed by atoms with Crippen LogP contribution >= 0.6 is 0 Å². The third kappa shape index (κ3) is 2.72. The Balaban J connectivity index is 2.00. The Morgan fingerprint density at radius 2 is 1.93 bits per heavy atom. The zero-order valence-electron chi connectivity index (χ0n) is 9.50. The highest BCUT2D eigenvalue weighted by atomic mass is 15.1. The number of piperidine rings is 1. The molecule has 1 aliphatic heterocycles. The lowest BCUT2D eigenvalue weighted by Gasteiger charge is -2.26. The minimum atomic E-state index is 0.921. The van der Waals surface area contributed by atoms with E-state index in [2.05, 4.69) is 30.0 Å². The van der Waals surface area contributed by atoms with E-state index in [1.165, 1.54) is 43.5 Å². The number of likely N-dealkylation sites (tertiary alicyclic amines) is 1. The maximum absolute atomic E-state index is 5.91. The number of nitrogen functional groups attached to an aromatic ring is 1. The topological polar surface area (TPSA) is 29.3 Å². The molecule has 0 bridgehead atoms. The number of anilines is 1. The Morgan fingerprint density at radius 1 is 1.20 bits per heavy atom. The van der Waals surface area contributed by atoms with Crippen LogP contribution in [0.4, 0.5) is 5.69 Å². The minimum absolute atomic E-state index is 0.921. The Bertz CT molecular complexity index is 327. The van der Waals surface area contributed by atoms with Gasteiger partial charge in [0.2, 0.25) is 0 Å². The van der Waals surface area contributed by atoms with Crippen molar-refractivity contribution in [3.05, 3.63) is 29.3 Å². The normalized spacial score (nSPS) is 17.9. The van der Waals surface area contributed by atoms with Gasteiger partial charge in [0.15, 0.2) is 0 Å². The molecule has 2 rings (SSSR count). The molecule has 0 aliphatic carbocycles. The van der Waals surface area contributed by atoms with E-state index < -0.39 is 0 Å². The number of hydrogen-bond donors (Lipinski definition) is 1. The van der Waals surface area contributed by atoms with Crippen LogP contribution < -0.4 is 5.73 Å². The maximum atomic E-state index is 5.91. The number of nitrogens with zero attached hydrogens (tertiary/aromatic N) is 1. The van der Waals surface area contributed by atoms with Crippen LogP contribution in [0.3, 0.4) is 0 Å². The summed E-state index contributed by atoms with van der Waals surface area (Å²) in [7, 11) is 0. The lowest BCUT2D eigenvalue weighted by molar-refractivity contribution is 0.221. The van der Waals surface area contributed by atoms with Crippen molar-refractivity contribution in [2.75, 3.05) is 18.8 Å². The van der Waals surface area contributed by atoms with Gasteiger partial charge >= 0.3 is 0 Å². The molecule has 82 valence electrons. The van der Waals surface area contributed by atoms with Gasteiger partial charge in [-0.3, -0.25) is 4.90 Å². The summed E-state index contributed by atoms with van der Waals surface area (Å²) in [4.78, 5) is 2.52. The van der Waals surface area contributed by atoms with Crippen molar-refractivity contribution in [3.63, 3.8) is 0 Å². The summed E-state index contributed by atoms with van der Waals surface area (Å²) in [5, 5.41) is 0. The molecule has 15 heavy (non-hydrogen) atoms. The zero-order chi connectivity index (χ0) is 10.7. The fraction of sp³-hybridized carbons (Fsp3) is 0.538. The van der Waals surface area contributed by atoms with Crippen LogP contribution in [-0.2, 0) is 6.54 Å². The first-order valence-corrected chi connectivity index (χ1v) is 5.83. The largest absolute Gasteiger partial charge is 0.399 e. The molecule has 0 radical (unpaired) electrons. The van der Waals surface area contributed by atoms with E-state index in [-0.39, 0.29) is 0 Å². The molecule has 2 heteroatoms. The predicted octanol–water partition coefficient (Wildman–Crippen LogP) is 2.56. The highest BCUT2D eigenvalue weighted by Crippen LogP contribution is 2.17. The maximum Gasteiger partial charge on any atom is 0.0346 e. The molecule has 2 N–H and O–H groups in total. The Morgan fingerprint density at radius 3 is 2.60 bits per heavy atom. The van der Waals surface area contributed by atoms with Crippen LogP contribution in [0.1, 0.15) is 30.4 Å². The summed E-state index contributed by atoms with van der Waals surface area (Å²) in [6.45, 7) is 5.60. The molecule has 1 fully saturated rings. The van der Waals surface area contributed by atoms with Gasteiger partial charge < -0.3 is 5.73 Å². The molecule has 1 aromatic carbocycles. The Kier molecular flexibility index (Phi) is 3.27. The molecule has 1 heterocycles. The van der Waals surface area contributed by atoms with Crippen molar-refractivity contribution >= 4 is 5.69 Å². The van der Waals surface area contributed by atoms with Gasteiger partial charge in [-0.25, -0.2) is 0 Å². The summed E-state index contributed by atoms with van der Waals surface area (Å²) in [6, 6.07) is 6.43. The van der Waals surface area contributed by atoms with Crippen molar-refractivity contribution in [1.29, 1.82) is 0 Å². The average molecular weight is 204 g/mol. The summed E-state index contributed by atoms with van der Waals surface area (Å²) in [5.41, 5.74) is 9.35. The second-order valence-corrected chi connectivity index (χ2v) is 4.53. The first-order chi connectivity index (χ1) is 7.25. The third-order valence-corrected chi connectivity index (χ3v) is 3.20. The second-order valence-electron chi connectivity index (χ2n) is 4.53. The fourth-order valence-corrected chi connectivity index (χ4v) is 2.16. The molecule has 0 aromatic heterocycles. The van der Waals surface area contributed by atoms with Crippen LogP contribution in [0.15, 0.2) is 18.2 Å². The van der Waals surface area contributed by atoms with Gasteiger partial charge in [-0.2, -0.15) is 0 Å². The van der Waals surface area contributed by atoms with Crippen LogP contribution in [0.5, 0.6) is 0 Å². The van der Waals surface area contributed by atoms with Crippen LogP contribution in [-0.4, -0.2) is 18.0 Å². The summed E-state index contributed by atoms with van der Waals surface area (Å²) < 4.78 is 0. The van der Waals surface area contributed by atoms with Crippen LogP contribution in [0.25, 0.3) is 0 Å². The minimum Gasteiger partial charge on any atom is -0.399 e. The van der Waals surface area contributed by atoms with E-state index in [4.69, 9.17) is 5.73 Å². The number of benzene rings is 1. The van der Waals surface area contributed by atoms with Crippen LogP contribution in [0.2, 0.25) is 0 Å². The van der Waals surface area contributed by atoms with Gasteiger partial charge in [0.05, 0.1) is 0 Å². The van der Waals surface area contributed by atoms with E-state index in [1.807, 2.05) is 0 Å². The Labute approximate surface area is 92.1 Å². The molecule has 0 amide bonds. The molecule has 2 nitrogen and oxygen atoms in total. The van der Waals surface area contributed by atoms with Gasteiger partial charge in [0.1, 0.15) is 0 Å². The SMILES string of the molecule is Cc1ccc(CN2CCCCC2)cc1N. The van der Waals surface area contributed by atoms with E-state index >= 15 is 0 Å². The third-order valence-electron chi connectivity index (χ3n) is 3.20. The van der Waals surface area contributed by atoms with E-state index in [0.29, 0.717) is 0 Å². The lowest BCUT2D eigenvalue weighted by Crippen LogP contribution is -2.29. The van der Waals surface area contributed by atoms with Gasteiger partial charge in [-0.05, 0) is 50.0 Å². The van der Waals surface area contributed by atoms with E-state index in [9.17, 15) is 0 Å². The fourth-order valence-electron chi connectivity index (χ4n) is 2.16. The van der Waals surface area contributed by atoms with E-state index in [1.54, 1.807) is 0 Å². The van der Waals surface area contributed by atoms with Crippen molar-refractivity contribution in [2.45, 2.75) is 32.7 Å². The molecule has 0 saturated carbocycles. The quantitative estimate of drug-likeness (QED) is 0.750. The van der Waals surface area contributed by atoms with Crippen molar-refractivity contribution < 1.29 is 0 Å². The van der Waals surface area contributed by atoms with Crippen molar-refractivity contribution in [3.8, 4) is 0 Å². The van der Waals surface area contributed by atoms with E-state index in [0.717, 1.165) is 12.2 Å². The lowest BCUT2D eigenvalue weighted by atomic mass is 10.1. The molecular formula is C13H20N2. The first kappa shape index (κ1) is 10.5. The van der Waals surface area contributed by atoms with Gasteiger partial charge in [0, 0.05) is 12.2 Å². The molecule has 1 saturated heterocycles. The summed E-state index contributed by atoms with van der Waals surface area (Å²) >= 11 is 0. The molecule has 1 aliphatic rings. The Hall–Kier alpha value is -1.02. The van der Waals surface area contributed by atoms with Gasteiger partial charge in [-0.15, -0.1) is 0 Å². The molecule has 0 unspecified atom stereocenters. The molecule has 0 atom stereocenters. The number of aryl methyl sites for hydroxylation is 1. The summed E-state index contributed by atoms with van der Waals surface area (Å²) in [6.07, 6.45) is 4.09. The summed E-state index contributed by atoms with van der Waals surface area (Å²) in [5.74, 6) is 0. The monoisotopic (exact) mass is 204 g/mol. The molecule has 0 spiro atoms. The number of rotatable bonds is 2. The highest BCUT2D eigenvalue weighted by Gasteiger charge is 2.10. The average Bonchev–Trinajstić information content (AvgIpc) is 2.25. The van der Waals surface area contributed by atoms with Gasteiger partial charge in [-0.1, -0.05) is 18.6 Å². The zero-order valence-corrected chi connectivity index (χ0v) is 9.50. The molecule has 1 aromatic rings. The predicted molar refractivity (Wildman–Crippen MR) is 64.7 cm³/mol. The smallest absolute Gasteiger partial charge is 0.0346 e.